The summed E-state index contributed by atoms with van der Waals surface area (Å²) < 4.78 is 0. The highest BCUT2D eigenvalue weighted by Gasteiger charge is 2.40. The van der Waals surface area contributed by atoms with Crippen LogP contribution in [0.25, 0.3) is 0 Å². The highest BCUT2D eigenvalue weighted by Crippen LogP contribution is 2.27. The maximum absolute atomic E-state index is 11.9. The largest absolute Gasteiger partial charge is 0.504 e. The average Bonchev–Trinajstić information content (AvgIpc) is 2.82. The molecule has 0 radical (unpaired) electrons. The standard InChI is InChI=1S/C14H15NO7/c16-10-2-1-7(4-11(10)17)3-9(14(21)22)15-6-8(13(19)20)5-12(15)18/h1-2,4,8-9,16-17H,3,5-6H2,(H,19,20)(H,21,22)/t8?,9-/m0/s1. The van der Waals surface area contributed by atoms with E-state index in [-0.39, 0.29) is 25.1 Å². The second-order valence-electron chi connectivity index (χ2n) is 5.17. The summed E-state index contributed by atoms with van der Waals surface area (Å²) in [5, 5.41) is 36.9. The number of carboxylic acid groups (broad SMARTS) is 2. The van der Waals surface area contributed by atoms with Gasteiger partial charge in [-0.15, -0.1) is 0 Å². The van der Waals surface area contributed by atoms with Crippen LogP contribution in [0.5, 0.6) is 11.5 Å². The smallest absolute Gasteiger partial charge is 0.326 e. The molecule has 1 amide bonds. The van der Waals surface area contributed by atoms with Crippen molar-refractivity contribution in [1.29, 1.82) is 0 Å². The van der Waals surface area contributed by atoms with Crippen LogP contribution in [0.15, 0.2) is 18.2 Å². The summed E-state index contributed by atoms with van der Waals surface area (Å²) in [4.78, 5) is 35.2. The van der Waals surface area contributed by atoms with E-state index in [4.69, 9.17) is 5.11 Å². The van der Waals surface area contributed by atoms with Crippen LogP contribution in [0.2, 0.25) is 0 Å². The van der Waals surface area contributed by atoms with Crippen molar-refractivity contribution < 1.29 is 34.8 Å². The lowest BCUT2D eigenvalue weighted by atomic mass is 10.0. The number of nitrogens with zero attached hydrogens (tertiary/aromatic N) is 1. The van der Waals surface area contributed by atoms with Crippen molar-refractivity contribution in [3.8, 4) is 11.5 Å². The predicted octanol–water partition coefficient (Wildman–Crippen LogP) is 0.0266. The van der Waals surface area contributed by atoms with Crippen LogP contribution in [-0.4, -0.2) is 55.8 Å². The predicted molar refractivity (Wildman–Crippen MR) is 72.4 cm³/mol. The molecule has 1 fully saturated rings. The van der Waals surface area contributed by atoms with Gasteiger partial charge in [0.1, 0.15) is 6.04 Å². The second kappa shape index (κ2) is 5.92. The summed E-state index contributed by atoms with van der Waals surface area (Å²) in [6.45, 7) is -0.158. The minimum Gasteiger partial charge on any atom is -0.504 e. The lowest BCUT2D eigenvalue weighted by Gasteiger charge is -2.24. The average molecular weight is 309 g/mol. The first kappa shape index (κ1) is 15.6. The highest BCUT2D eigenvalue weighted by atomic mass is 16.4. The number of carboxylic acids is 2. The maximum atomic E-state index is 11.9. The minimum atomic E-state index is -1.26. The number of phenols is 2. The van der Waals surface area contributed by atoms with Crippen molar-refractivity contribution in [2.75, 3.05) is 6.54 Å². The lowest BCUT2D eigenvalue weighted by Crippen LogP contribution is -2.44. The van der Waals surface area contributed by atoms with Gasteiger partial charge in [-0.05, 0) is 17.7 Å². The molecule has 0 bridgehead atoms. The number of phenolic OH excluding ortho intramolecular Hbond substituents is 2. The molecule has 0 saturated carbocycles. The first-order valence-corrected chi connectivity index (χ1v) is 6.55. The van der Waals surface area contributed by atoms with Crippen LogP contribution >= 0.6 is 0 Å². The fourth-order valence-electron chi connectivity index (χ4n) is 2.45. The quantitative estimate of drug-likeness (QED) is 0.563. The number of aliphatic carboxylic acids is 2. The third kappa shape index (κ3) is 3.11. The Hall–Kier alpha value is -2.77. The van der Waals surface area contributed by atoms with Gasteiger partial charge in [-0.1, -0.05) is 6.07 Å². The number of carbonyl (C=O) groups excluding carboxylic acids is 1. The van der Waals surface area contributed by atoms with Crippen molar-refractivity contribution in [3.63, 3.8) is 0 Å². The van der Waals surface area contributed by atoms with E-state index in [1.165, 1.54) is 18.2 Å². The number of carbonyl (C=O) groups is 3. The Morgan fingerprint density at radius 3 is 2.41 bits per heavy atom. The van der Waals surface area contributed by atoms with Crippen molar-refractivity contribution in [3.05, 3.63) is 23.8 Å². The third-order valence-corrected chi connectivity index (χ3v) is 3.64. The monoisotopic (exact) mass is 309 g/mol. The van der Waals surface area contributed by atoms with E-state index in [0.717, 1.165) is 4.90 Å². The summed E-state index contributed by atoms with van der Waals surface area (Å²) in [5.41, 5.74) is 0.411. The Bertz CT molecular complexity index is 628. The molecule has 0 spiro atoms. The van der Waals surface area contributed by atoms with E-state index in [2.05, 4.69) is 0 Å². The van der Waals surface area contributed by atoms with E-state index in [0.29, 0.717) is 5.56 Å². The summed E-state index contributed by atoms with van der Waals surface area (Å²) in [7, 11) is 0. The van der Waals surface area contributed by atoms with Gasteiger partial charge in [0, 0.05) is 19.4 Å². The molecule has 1 aliphatic rings. The summed E-state index contributed by atoms with van der Waals surface area (Å²) >= 11 is 0. The molecule has 1 heterocycles. The molecular formula is C14H15NO7. The summed E-state index contributed by atoms with van der Waals surface area (Å²) in [6.07, 6.45) is -0.318. The van der Waals surface area contributed by atoms with Gasteiger partial charge in [0.25, 0.3) is 0 Å². The molecule has 0 aliphatic carbocycles. The Morgan fingerprint density at radius 2 is 1.91 bits per heavy atom. The number of likely N-dealkylation sites (tertiary alicyclic amines) is 1. The molecule has 4 N–H and O–H groups in total. The van der Waals surface area contributed by atoms with Crippen LogP contribution in [0.4, 0.5) is 0 Å². The molecular weight excluding hydrogens is 294 g/mol. The van der Waals surface area contributed by atoms with Crippen LogP contribution < -0.4 is 0 Å². The van der Waals surface area contributed by atoms with E-state index in [9.17, 15) is 29.7 Å². The molecule has 1 aromatic carbocycles. The molecule has 8 heteroatoms. The summed E-state index contributed by atoms with van der Waals surface area (Å²) in [6, 6.07) is 2.64. The Morgan fingerprint density at radius 1 is 1.23 bits per heavy atom. The van der Waals surface area contributed by atoms with Crippen molar-refractivity contribution >= 4 is 17.8 Å². The van der Waals surface area contributed by atoms with Crippen LogP contribution in [0.1, 0.15) is 12.0 Å². The van der Waals surface area contributed by atoms with Crippen LogP contribution in [-0.2, 0) is 20.8 Å². The first-order valence-electron chi connectivity index (χ1n) is 6.55. The van der Waals surface area contributed by atoms with Gasteiger partial charge >= 0.3 is 11.9 Å². The fraction of sp³-hybridized carbons (Fsp3) is 0.357. The zero-order chi connectivity index (χ0) is 16.4. The first-order chi connectivity index (χ1) is 10.3. The molecule has 8 nitrogen and oxygen atoms in total. The molecule has 0 aromatic heterocycles. The van der Waals surface area contributed by atoms with Gasteiger partial charge < -0.3 is 25.3 Å². The zero-order valence-corrected chi connectivity index (χ0v) is 11.5. The van der Waals surface area contributed by atoms with Gasteiger partial charge in [-0.2, -0.15) is 0 Å². The number of benzene rings is 1. The second-order valence-corrected chi connectivity index (χ2v) is 5.17. The molecule has 118 valence electrons. The van der Waals surface area contributed by atoms with Crippen molar-refractivity contribution in [2.24, 2.45) is 5.92 Å². The van der Waals surface area contributed by atoms with Crippen molar-refractivity contribution in [1.82, 2.24) is 4.90 Å². The molecule has 1 aromatic rings. The van der Waals surface area contributed by atoms with Gasteiger partial charge in [0.15, 0.2) is 11.5 Å². The Kier molecular flexibility index (Phi) is 4.20. The number of hydrogen-bond acceptors (Lipinski definition) is 5. The van der Waals surface area contributed by atoms with Crippen molar-refractivity contribution in [2.45, 2.75) is 18.9 Å². The number of aromatic hydroxyl groups is 2. The van der Waals surface area contributed by atoms with Gasteiger partial charge in [0.2, 0.25) is 5.91 Å². The number of rotatable bonds is 5. The van der Waals surface area contributed by atoms with Crippen LogP contribution in [0, 0.1) is 5.92 Å². The zero-order valence-electron chi connectivity index (χ0n) is 11.5. The highest BCUT2D eigenvalue weighted by molar-refractivity contribution is 5.89. The molecule has 22 heavy (non-hydrogen) atoms. The molecule has 2 rings (SSSR count). The maximum Gasteiger partial charge on any atom is 0.326 e. The number of amides is 1. The molecule has 2 atom stereocenters. The van der Waals surface area contributed by atoms with Gasteiger partial charge in [0.05, 0.1) is 5.92 Å². The van der Waals surface area contributed by atoms with E-state index < -0.39 is 35.6 Å². The minimum absolute atomic E-state index is 0.0960. The molecule has 1 unspecified atom stereocenters. The normalized spacial score (nSPS) is 19.2. The van der Waals surface area contributed by atoms with Crippen LogP contribution in [0.3, 0.4) is 0 Å². The molecule has 1 aliphatic heterocycles. The van der Waals surface area contributed by atoms with E-state index >= 15 is 0 Å². The third-order valence-electron chi connectivity index (χ3n) is 3.64. The Labute approximate surface area is 125 Å². The van der Waals surface area contributed by atoms with Gasteiger partial charge in [-0.3, -0.25) is 9.59 Å². The Balaban J connectivity index is 2.20. The van der Waals surface area contributed by atoms with E-state index in [1.54, 1.807) is 0 Å². The topological polar surface area (TPSA) is 135 Å². The number of hydrogen-bond donors (Lipinski definition) is 4. The summed E-state index contributed by atoms with van der Waals surface area (Å²) in [5.74, 6) is -4.56. The molecule has 1 saturated heterocycles. The van der Waals surface area contributed by atoms with E-state index in [1.807, 2.05) is 0 Å². The SMILES string of the molecule is O=C(O)C1CC(=O)N([C@@H](Cc2ccc(O)c(O)c2)C(=O)O)C1. The lowest BCUT2D eigenvalue weighted by molar-refractivity contribution is -0.148. The van der Waals surface area contributed by atoms with Gasteiger partial charge in [-0.25, -0.2) is 4.79 Å². The fourth-order valence-corrected chi connectivity index (χ4v) is 2.45.